The summed E-state index contributed by atoms with van der Waals surface area (Å²) in [7, 11) is 0. The molecule has 0 heterocycles. The topological polar surface area (TPSA) is 0 Å². The maximum absolute atomic E-state index is 12.4. The second-order valence-corrected chi connectivity index (χ2v) is 4.83. The van der Waals surface area contributed by atoms with Gasteiger partial charge in [0.25, 0.3) is 0 Å². The Hall–Kier alpha value is -0.210. The van der Waals surface area contributed by atoms with Crippen molar-refractivity contribution in [2.75, 3.05) is 0 Å². The lowest BCUT2D eigenvalue weighted by atomic mass is 9.32. The summed E-state index contributed by atoms with van der Waals surface area (Å²) in [5, 5.41) is 0. The highest BCUT2D eigenvalue weighted by Gasteiger charge is 2.78. The highest BCUT2D eigenvalue weighted by molar-refractivity contribution is 5.20. The maximum atomic E-state index is 12.4. The molecule has 3 aliphatic rings. The Morgan fingerprint density at radius 3 is 1.57 bits per heavy atom. The third-order valence-corrected chi connectivity index (χ3v) is 3.90. The monoisotopic (exact) mass is 208 g/mol. The van der Waals surface area contributed by atoms with Crippen LogP contribution < -0.4 is 0 Å². The SMILES string of the molecule is CC.CC(C)C12CC(C(F)(F)F)(C1)C2. The first-order valence-electron chi connectivity index (χ1n) is 5.38. The molecular weight excluding hydrogens is 189 g/mol. The van der Waals surface area contributed by atoms with Crippen LogP contribution in [0.5, 0.6) is 0 Å². The van der Waals surface area contributed by atoms with E-state index >= 15 is 0 Å². The second kappa shape index (κ2) is 3.14. The van der Waals surface area contributed by atoms with E-state index in [4.69, 9.17) is 0 Å². The smallest absolute Gasteiger partial charge is 0.171 e. The van der Waals surface area contributed by atoms with Gasteiger partial charge in [0, 0.05) is 0 Å². The van der Waals surface area contributed by atoms with E-state index in [1.807, 2.05) is 27.7 Å². The van der Waals surface area contributed by atoms with Gasteiger partial charge < -0.3 is 0 Å². The van der Waals surface area contributed by atoms with E-state index in [-0.39, 0.29) is 5.41 Å². The Morgan fingerprint density at radius 1 is 1.00 bits per heavy atom. The Kier molecular flexibility index (Phi) is 2.66. The van der Waals surface area contributed by atoms with Crippen LogP contribution in [0, 0.1) is 16.7 Å². The summed E-state index contributed by atoms with van der Waals surface area (Å²) in [6.07, 6.45) is -2.77. The van der Waals surface area contributed by atoms with Crippen LogP contribution in [0.4, 0.5) is 13.2 Å². The Bertz CT molecular complexity index is 195. The second-order valence-electron chi connectivity index (χ2n) is 4.83. The van der Waals surface area contributed by atoms with Crippen LogP contribution >= 0.6 is 0 Å². The van der Waals surface area contributed by atoms with Crippen LogP contribution in [0.2, 0.25) is 0 Å². The average molecular weight is 208 g/mol. The van der Waals surface area contributed by atoms with Crippen molar-refractivity contribution in [1.29, 1.82) is 0 Å². The molecule has 14 heavy (non-hydrogen) atoms. The largest absolute Gasteiger partial charge is 0.394 e. The van der Waals surface area contributed by atoms with Gasteiger partial charge in [-0.25, -0.2) is 0 Å². The van der Waals surface area contributed by atoms with E-state index in [1.54, 1.807) is 0 Å². The third kappa shape index (κ3) is 1.28. The van der Waals surface area contributed by atoms with Crippen LogP contribution in [-0.2, 0) is 0 Å². The minimum absolute atomic E-state index is 0.0650. The number of hydrogen-bond donors (Lipinski definition) is 0. The zero-order valence-electron chi connectivity index (χ0n) is 9.33. The molecular formula is C11H19F3. The molecule has 0 radical (unpaired) electrons. The highest BCUT2D eigenvalue weighted by atomic mass is 19.4. The lowest BCUT2D eigenvalue weighted by molar-refractivity contribution is -0.373. The van der Waals surface area contributed by atoms with Gasteiger partial charge >= 0.3 is 6.18 Å². The molecule has 2 bridgehead atoms. The van der Waals surface area contributed by atoms with Gasteiger partial charge in [-0.15, -0.1) is 0 Å². The molecule has 0 nitrogen and oxygen atoms in total. The van der Waals surface area contributed by atoms with Gasteiger partial charge in [-0.2, -0.15) is 13.2 Å². The van der Waals surface area contributed by atoms with Gasteiger partial charge in [0.05, 0.1) is 5.41 Å². The molecule has 0 aromatic heterocycles. The first-order chi connectivity index (χ1) is 6.31. The lowest BCUT2D eigenvalue weighted by Gasteiger charge is -2.72. The van der Waals surface area contributed by atoms with Crippen LogP contribution in [0.3, 0.4) is 0 Å². The maximum Gasteiger partial charge on any atom is 0.394 e. The number of alkyl halides is 3. The fourth-order valence-corrected chi connectivity index (χ4v) is 2.78. The van der Waals surface area contributed by atoms with E-state index in [0.717, 1.165) is 0 Å². The van der Waals surface area contributed by atoms with E-state index in [9.17, 15) is 13.2 Å². The molecule has 0 spiro atoms. The Labute approximate surface area is 83.9 Å². The molecule has 3 heteroatoms. The molecule has 84 valence electrons. The van der Waals surface area contributed by atoms with E-state index < -0.39 is 11.6 Å². The Morgan fingerprint density at radius 2 is 1.36 bits per heavy atom. The molecule has 0 aromatic rings. The molecule has 3 fully saturated rings. The summed E-state index contributed by atoms with van der Waals surface area (Å²) in [5.74, 6) is 0.418. The first kappa shape index (κ1) is 11.9. The minimum Gasteiger partial charge on any atom is -0.171 e. The fourth-order valence-electron chi connectivity index (χ4n) is 2.78. The van der Waals surface area contributed by atoms with Gasteiger partial charge in [-0.3, -0.25) is 0 Å². The van der Waals surface area contributed by atoms with Crippen molar-refractivity contribution in [3.63, 3.8) is 0 Å². The minimum atomic E-state index is -3.94. The van der Waals surface area contributed by atoms with Crippen molar-refractivity contribution in [1.82, 2.24) is 0 Å². The molecule has 3 saturated carbocycles. The normalized spacial score (nSPS) is 39.4. The quantitative estimate of drug-likeness (QED) is 0.599. The van der Waals surface area contributed by atoms with Gasteiger partial charge in [0.1, 0.15) is 0 Å². The van der Waals surface area contributed by atoms with Gasteiger partial charge in [0.15, 0.2) is 0 Å². The zero-order valence-corrected chi connectivity index (χ0v) is 9.33. The van der Waals surface area contributed by atoms with Gasteiger partial charge in [-0.1, -0.05) is 27.7 Å². The predicted octanol–water partition coefficient (Wildman–Crippen LogP) is 4.40. The number of rotatable bonds is 1. The molecule has 0 N–H and O–H groups in total. The molecule has 0 amide bonds. The number of halogens is 3. The molecule has 0 aromatic carbocycles. The molecule has 0 aliphatic heterocycles. The summed E-state index contributed by atoms with van der Waals surface area (Å²) in [6, 6.07) is 0. The summed E-state index contributed by atoms with van der Waals surface area (Å²) in [4.78, 5) is 0. The molecule has 3 rings (SSSR count). The highest BCUT2D eigenvalue weighted by Crippen LogP contribution is 2.80. The predicted molar refractivity (Wildman–Crippen MR) is 51.0 cm³/mol. The lowest BCUT2D eigenvalue weighted by Crippen LogP contribution is -2.69. The Balaban J connectivity index is 0.000000461. The van der Waals surface area contributed by atoms with E-state index in [1.165, 1.54) is 0 Å². The van der Waals surface area contributed by atoms with Gasteiger partial charge in [-0.05, 0) is 30.6 Å². The summed E-state index contributed by atoms with van der Waals surface area (Å²) in [5.41, 5.74) is -1.19. The van der Waals surface area contributed by atoms with Crippen molar-refractivity contribution in [3.05, 3.63) is 0 Å². The van der Waals surface area contributed by atoms with Gasteiger partial charge in [0.2, 0.25) is 0 Å². The van der Waals surface area contributed by atoms with Crippen molar-refractivity contribution in [2.24, 2.45) is 16.7 Å². The summed E-state index contributed by atoms with van der Waals surface area (Å²) >= 11 is 0. The molecule has 0 atom stereocenters. The van der Waals surface area contributed by atoms with Crippen LogP contribution in [-0.4, -0.2) is 6.18 Å². The van der Waals surface area contributed by atoms with Crippen molar-refractivity contribution >= 4 is 0 Å². The van der Waals surface area contributed by atoms with Crippen molar-refractivity contribution in [3.8, 4) is 0 Å². The standard InChI is InChI=1S/C9H13F3.C2H6/c1-6(2)7-3-8(4-7,5-7)9(10,11)12;1-2/h6H,3-5H2,1-2H3;1-2H3. The van der Waals surface area contributed by atoms with E-state index in [2.05, 4.69) is 0 Å². The zero-order chi connectivity index (χ0) is 11.2. The summed E-state index contributed by atoms with van der Waals surface area (Å²) in [6.45, 7) is 8.05. The molecule has 0 unspecified atom stereocenters. The van der Waals surface area contributed by atoms with Crippen LogP contribution in [0.25, 0.3) is 0 Å². The van der Waals surface area contributed by atoms with E-state index in [0.29, 0.717) is 25.2 Å². The van der Waals surface area contributed by atoms with Crippen LogP contribution in [0.1, 0.15) is 47.0 Å². The first-order valence-corrected chi connectivity index (χ1v) is 5.38. The summed E-state index contributed by atoms with van der Waals surface area (Å²) < 4.78 is 37.1. The molecule has 3 aliphatic carbocycles. The van der Waals surface area contributed by atoms with Crippen molar-refractivity contribution < 1.29 is 13.2 Å². The third-order valence-electron chi connectivity index (χ3n) is 3.90. The fraction of sp³-hybridized carbons (Fsp3) is 1.00. The van der Waals surface area contributed by atoms with Crippen LogP contribution in [0.15, 0.2) is 0 Å². The average Bonchev–Trinajstić information content (AvgIpc) is 1.80. The molecule has 0 saturated heterocycles. The van der Waals surface area contributed by atoms with Crippen molar-refractivity contribution in [2.45, 2.75) is 53.1 Å². The number of hydrogen-bond acceptors (Lipinski definition) is 0.